The zero-order valence-corrected chi connectivity index (χ0v) is 7.14. The van der Waals surface area contributed by atoms with E-state index in [-0.39, 0.29) is 17.2 Å². The standard InChI is InChI=1S/C6H5NO3.CHClO/c8-6-3-1-5(2-4-6)7(9)10;2-1-3/h1-4,8H;1H. The van der Waals surface area contributed by atoms with Crippen LogP contribution in [0, 0.1) is 10.1 Å². The van der Waals surface area contributed by atoms with Gasteiger partial charge in [0.05, 0.1) is 4.92 Å². The molecule has 0 aromatic heterocycles. The number of nitrogens with zero attached hydrogens (tertiary/aromatic N) is 1. The van der Waals surface area contributed by atoms with Crippen molar-refractivity contribution in [1.82, 2.24) is 0 Å². The van der Waals surface area contributed by atoms with Crippen molar-refractivity contribution in [2.75, 3.05) is 0 Å². The molecule has 1 aromatic rings. The molecule has 0 radical (unpaired) electrons. The van der Waals surface area contributed by atoms with Crippen molar-refractivity contribution in [2.45, 2.75) is 0 Å². The lowest BCUT2D eigenvalue weighted by Crippen LogP contribution is -1.85. The van der Waals surface area contributed by atoms with Gasteiger partial charge in [0.25, 0.3) is 5.69 Å². The van der Waals surface area contributed by atoms with Crippen LogP contribution in [0.3, 0.4) is 0 Å². The van der Waals surface area contributed by atoms with Crippen molar-refractivity contribution >= 4 is 23.0 Å². The average Bonchev–Trinajstić information content (AvgIpc) is 2.06. The molecule has 0 aliphatic heterocycles. The molecule has 0 saturated carbocycles. The highest BCUT2D eigenvalue weighted by molar-refractivity contribution is 6.54. The zero-order chi connectivity index (χ0) is 10.3. The fourth-order valence-electron chi connectivity index (χ4n) is 0.574. The number of aromatic hydroxyl groups is 1. The molecule has 70 valence electrons. The van der Waals surface area contributed by atoms with Gasteiger partial charge in [0, 0.05) is 12.1 Å². The summed E-state index contributed by atoms with van der Waals surface area (Å²) in [6.45, 7) is 0. The van der Waals surface area contributed by atoms with Crippen LogP contribution in [0.2, 0.25) is 0 Å². The van der Waals surface area contributed by atoms with Crippen LogP contribution in [0.15, 0.2) is 24.3 Å². The van der Waals surface area contributed by atoms with Gasteiger partial charge in [0.2, 0.25) is 5.75 Å². The maximum Gasteiger partial charge on any atom is 0.269 e. The van der Waals surface area contributed by atoms with Crippen LogP contribution in [0.5, 0.6) is 5.75 Å². The maximum absolute atomic E-state index is 10.0. The molecule has 0 spiro atoms. The number of nitro benzene ring substituents is 1. The SMILES string of the molecule is O=CCl.O=[N+]([O-])c1ccc(O)cc1. The first kappa shape index (κ1) is 11.4. The number of halogens is 1. The third kappa shape index (κ3) is 4.76. The van der Waals surface area contributed by atoms with E-state index in [0.29, 0.717) is 0 Å². The van der Waals surface area contributed by atoms with Crippen LogP contribution in [0.25, 0.3) is 0 Å². The summed E-state index contributed by atoms with van der Waals surface area (Å²) in [5.74, 6) is 0.255. The second-order valence-corrected chi connectivity index (χ2v) is 2.04. The Morgan fingerprint density at radius 3 is 2.08 bits per heavy atom. The minimum Gasteiger partial charge on any atom is -0.508 e. The molecule has 1 rings (SSSR count). The summed E-state index contributed by atoms with van der Waals surface area (Å²) < 4.78 is 0. The lowest BCUT2D eigenvalue weighted by Gasteiger charge is -1.89. The van der Waals surface area contributed by atoms with Crippen LogP contribution in [0.1, 0.15) is 0 Å². The van der Waals surface area contributed by atoms with Gasteiger partial charge in [0.1, 0.15) is 5.75 Å². The first-order valence-corrected chi connectivity index (χ1v) is 3.52. The predicted octanol–water partition coefficient (Wildman–Crippen LogP) is 1.72. The van der Waals surface area contributed by atoms with E-state index in [0.717, 1.165) is 0 Å². The van der Waals surface area contributed by atoms with Gasteiger partial charge in [-0.3, -0.25) is 14.9 Å². The number of non-ortho nitro benzene ring substituents is 1. The molecular formula is C7H6ClNO4. The Labute approximate surface area is 78.7 Å². The molecule has 0 aliphatic carbocycles. The minimum absolute atomic E-state index is 0.0159. The molecule has 0 heterocycles. The third-order valence-electron chi connectivity index (χ3n) is 1.06. The number of carbonyl (C=O) groups excluding carboxylic acids is 1. The van der Waals surface area contributed by atoms with Crippen molar-refractivity contribution in [2.24, 2.45) is 0 Å². The molecule has 6 heteroatoms. The average molecular weight is 204 g/mol. The van der Waals surface area contributed by atoms with Gasteiger partial charge in [-0.05, 0) is 23.7 Å². The fourth-order valence-corrected chi connectivity index (χ4v) is 0.574. The topological polar surface area (TPSA) is 80.4 Å². The quantitative estimate of drug-likeness (QED) is 0.326. The van der Waals surface area contributed by atoms with Crippen LogP contribution >= 0.6 is 11.6 Å². The molecule has 0 fully saturated rings. The highest BCUT2D eigenvalue weighted by atomic mass is 35.5. The van der Waals surface area contributed by atoms with Crippen molar-refractivity contribution in [3.8, 4) is 5.75 Å². The van der Waals surface area contributed by atoms with E-state index in [9.17, 15) is 10.1 Å². The van der Waals surface area contributed by atoms with E-state index in [2.05, 4.69) is 11.6 Å². The number of nitro groups is 1. The second kappa shape index (κ2) is 5.96. The van der Waals surface area contributed by atoms with Gasteiger partial charge in [-0.25, -0.2) is 0 Å². The molecule has 0 aliphatic rings. The molecule has 0 unspecified atom stereocenters. The molecule has 5 nitrogen and oxygen atoms in total. The fraction of sp³-hybridized carbons (Fsp3) is 0. The number of hydrogen-bond donors (Lipinski definition) is 1. The summed E-state index contributed by atoms with van der Waals surface area (Å²) in [4.78, 5) is 18.1. The summed E-state index contributed by atoms with van der Waals surface area (Å²) >= 11 is 4.32. The Morgan fingerprint density at radius 1 is 1.38 bits per heavy atom. The van der Waals surface area contributed by atoms with Gasteiger partial charge >= 0.3 is 0 Å². The molecule has 1 N–H and O–H groups in total. The Hall–Kier alpha value is -1.62. The molecule has 1 aromatic carbocycles. The Balaban J connectivity index is 0.000000424. The number of rotatable bonds is 1. The minimum atomic E-state index is -0.514. The highest BCUT2D eigenvalue weighted by Gasteiger charge is 2.01. The molecule has 0 bridgehead atoms. The summed E-state index contributed by atoms with van der Waals surface area (Å²) in [5, 5.41) is 18.8. The third-order valence-corrected chi connectivity index (χ3v) is 1.06. The van der Waals surface area contributed by atoms with Crippen LogP contribution < -0.4 is 0 Å². The summed E-state index contributed by atoms with van der Waals surface area (Å²) in [6.07, 6.45) is 0. The summed E-state index contributed by atoms with van der Waals surface area (Å²) in [7, 11) is 0. The molecule has 13 heavy (non-hydrogen) atoms. The van der Waals surface area contributed by atoms with Crippen molar-refractivity contribution in [3.63, 3.8) is 0 Å². The van der Waals surface area contributed by atoms with Gasteiger partial charge in [0.15, 0.2) is 0 Å². The second-order valence-electron chi connectivity index (χ2n) is 1.86. The lowest BCUT2D eigenvalue weighted by atomic mass is 10.3. The summed E-state index contributed by atoms with van der Waals surface area (Å²) in [6, 6.07) is 5.04. The Morgan fingerprint density at radius 2 is 1.77 bits per heavy atom. The van der Waals surface area contributed by atoms with E-state index < -0.39 is 4.92 Å². The Bertz CT molecular complexity index is 285. The first-order valence-electron chi connectivity index (χ1n) is 3.09. The van der Waals surface area contributed by atoms with E-state index >= 15 is 0 Å². The zero-order valence-electron chi connectivity index (χ0n) is 6.38. The number of phenolic OH excluding ortho intramolecular Hbond substituents is 1. The first-order chi connectivity index (χ1) is 6.11. The number of carbonyl (C=O) groups is 1. The van der Waals surface area contributed by atoms with E-state index in [1.807, 2.05) is 0 Å². The molecule has 0 saturated heterocycles. The molecule has 0 amide bonds. The van der Waals surface area contributed by atoms with E-state index in [4.69, 9.17) is 9.90 Å². The molecule has 0 atom stereocenters. The van der Waals surface area contributed by atoms with Crippen LogP contribution in [-0.4, -0.2) is 15.8 Å². The normalized spacial score (nSPS) is 8.08. The summed E-state index contributed by atoms with van der Waals surface area (Å²) in [5.41, 5.74) is -0.0159. The van der Waals surface area contributed by atoms with Gasteiger partial charge in [-0.15, -0.1) is 0 Å². The molecular weight excluding hydrogens is 198 g/mol. The van der Waals surface area contributed by atoms with E-state index in [1.54, 1.807) is 0 Å². The van der Waals surface area contributed by atoms with Crippen molar-refractivity contribution in [3.05, 3.63) is 34.4 Å². The van der Waals surface area contributed by atoms with Crippen LogP contribution in [0.4, 0.5) is 5.69 Å². The monoisotopic (exact) mass is 203 g/mol. The van der Waals surface area contributed by atoms with Crippen LogP contribution in [-0.2, 0) is 4.79 Å². The van der Waals surface area contributed by atoms with Crippen molar-refractivity contribution < 1.29 is 14.8 Å². The maximum atomic E-state index is 10.0. The van der Waals surface area contributed by atoms with Crippen molar-refractivity contribution in [1.29, 1.82) is 0 Å². The van der Waals surface area contributed by atoms with Gasteiger partial charge < -0.3 is 5.11 Å². The van der Waals surface area contributed by atoms with E-state index in [1.165, 1.54) is 24.3 Å². The van der Waals surface area contributed by atoms with Gasteiger partial charge in [-0.2, -0.15) is 0 Å². The number of hydrogen-bond acceptors (Lipinski definition) is 4. The predicted molar refractivity (Wildman–Crippen MR) is 47.4 cm³/mol. The lowest BCUT2D eigenvalue weighted by molar-refractivity contribution is -0.384. The van der Waals surface area contributed by atoms with Gasteiger partial charge in [-0.1, -0.05) is 0 Å². The number of phenols is 1. The largest absolute Gasteiger partial charge is 0.508 e. The highest BCUT2D eigenvalue weighted by Crippen LogP contribution is 2.14. The smallest absolute Gasteiger partial charge is 0.269 e. The Kier molecular flexibility index (Phi) is 5.22. The number of benzene rings is 1.